The SMILES string of the molecule is CO[C@@](C(=O)O[C@@H]1C[C@@]2(O[C@]13C=COC3)[C@H](C)C[C@H]1OC(=O)[C@@]3(C)CCC[C@@]2(C)[C@@H]13)(c1ccccc1)C(F)(F)F. The number of carbonyl (C=O) groups excluding carboxylic acids is 2. The third-order valence-corrected chi connectivity index (χ3v) is 10.8. The molecule has 5 aliphatic rings. The molecule has 3 heterocycles. The van der Waals surface area contributed by atoms with E-state index in [2.05, 4.69) is 6.92 Å². The summed E-state index contributed by atoms with van der Waals surface area (Å²) in [7, 11) is 0.854. The van der Waals surface area contributed by atoms with Gasteiger partial charge in [-0.1, -0.05) is 50.6 Å². The van der Waals surface area contributed by atoms with Crippen molar-refractivity contribution < 1.29 is 46.4 Å². The molecule has 6 rings (SSSR count). The Morgan fingerprint density at radius 3 is 2.48 bits per heavy atom. The van der Waals surface area contributed by atoms with Crippen molar-refractivity contribution in [2.24, 2.45) is 22.7 Å². The Morgan fingerprint density at radius 1 is 1.12 bits per heavy atom. The van der Waals surface area contributed by atoms with Crippen molar-refractivity contribution in [3.05, 3.63) is 48.2 Å². The van der Waals surface area contributed by atoms with E-state index in [-0.39, 0.29) is 42.5 Å². The van der Waals surface area contributed by atoms with Crippen LogP contribution in [0.25, 0.3) is 0 Å². The lowest BCUT2D eigenvalue weighted by Crippen LogP contribution is -2.65. The number of ether oxygens (including phenoxy) is 5. The maximum Gasteiger partial charge on any atom is 0.432 e. The normalized spacial score (nSPS) is 43.3. The highest BCUT2D eigenvalue weighted by Gasteiger charge is 2.77. The van der Waals surface area contributed by atoms with Crippen molar-refractivity contribution in [2.75, 3.05) is 13.7 Å². The summed E-state index contributed by atoms with van der Waals surface area (Å²) in [6, 6.07) is 6.78. The fourth-order valence-electron chi connectivity index (χ4n) is 8.93. The number of halogens is 3. The minimum atomic E-state index is -5.10. The molecule has 0 bridgehead atoms. The first-order valence-electron chi connectivity index (χ1n) is 13.9. The van der Waals surface area contributed by atoms with Gasteiger partial charge in [-0.15, -0.1) is 0 Å². The highest BCUT2D eigenvalue weighted by molar-refractivity contribution is 5.83. The van der Waals surface area contributed by atoms with Crippen LogP contribution in [0.1, 0.15) is 58.4 Å². The summed E-state index contributed by atoms with van der Waals surface area (Å²) < 4.78 is 73.4. The van der Waals surface area contributed by atoms with Crippen LogP contribution in [0.2, 0.25) is 0 Å². The van der Waals surface area contributed by atoms with Crippen LogP contribution in [0.3, 0.4) is 0 Å². The van der Waals surface area contributed by atoms with Gasteiger partial charge in [0, 0.05) is 30.4 Å². The number of hydrogen-bond donors (Lipinski definition) is 0. The first kappa shape index (κ1) is 27.6. The molecule has 1 aromatic carbocycles. The van der Waals surface area contributed by atoms with Crippen LogP contribution in [-0.4, -0.2) is 55.2 Å². The number of alkyl halides is 3. The molecule has 4 fully saturated rings. The summed E-state index contributed by atoms with van der Waals surface area (Å²) in [6.07, 6.45) is -0.411. The molecule has 10 heteroatoms. The second-order valence-corrected chi connectivity index (χ2v) is 12.7. The van der Waals surface area contributed by atoms with Crippen molar-refractivity contribution in [3.8, 4) is 0 Å². The molecule has 0 amide bonds. The van der Waals surface area contributed by atoms with Gasteiger partial charge < -0.3 is 23.7 Å². The molecule has 218 valence electrons. The van der Waals surface area contributed by atoms with Crippen LogP contribution in [0, 0.1) is 22.7 Å². The largest absolute Gasteiger partial charge is 0.498 e. The summed E-state index contributed by atoms with van der Waals surface area (Å²) in [5.74, 6) is -2.02. The molecule has 9 atom stereocenters. The van der Waals surface area contributed by atoms with E-state index in [0.717, 1.165) is 20.0 Å². The Morgan fingerprint density at radius 2 is 1.85 bits per heavy atom. The number of hydrogen-bond acceptors (Lipinski definition) is 7. The highest BCUT2D eigenvalue weighted by Crippen LogP contribution is 2.70. The van der Waals surface area contributed by atoms with Gasteiger partial charge in [0.1, 0.15) is 18.8 Å². The zero-order valence-electron chi connectivity index (χ0n) is 23.1. The van der Waals surface area contributed by atoms with Gasteiger partial charge in [-0.05, 0) is 38.2 Å². The van der Waals surface area contributed by atoms with E-state index in [4.69, 9.17) is 23.7 Å². The van der Waals surface area contributed by atoms with Crippen molar-refractivity contribution in [2.45, 2.75) is 88.1 Å². The van der Waals surface area contributed by atoms with Gasteiger partial charge in [0.25, 0.3) is 5.60 Å². The lowest BCUT2D eigenvalue weighted by Gasteiger charge is -2.61. The molecule has 0 aromatic heterocycles. The van der Waals surface area contributed by atoms with E-state index < -0.39 is 45.9 Å². The predicted molar refractivity (Wildman–Crippen MR) is 135 cm³/mol. The predicted octanol–water partition coefficient (Wildman–Crippen LogP) is 5.22. The van der Waals surface area contributed by atoms with Gasteiger partial charge in [0.2, 0.25) is 0 Å². The maximum absolute atomic E-state index is 14.7. The van der Waals surface area contributed by atoms with Crippen LogP contribution >= 0.6 is 0 Å². The van der Waals surface area contributed by atoms with Crippen LogP contribution in [0.5, 0.6) is 0 Å². The first-order valence-corrected chi connectivity index (χ1v) is 13.9. The molecule has 7 nitrogen and oxygen atoms in total. The van der Waals surface area contributed by atoms with Crippen LogP contribution in [0.4, 0.5) is 13.2 Å². The Kier molecular flexibility index (Phi) is 6.00. The van der Waals surface area contributed by atoms with Crippen LogP contribution in [0.15, 0.2) is 42.7 Å². The monoisotopic (exact) mass is 564 g/mol. The van der Waals surface area contributed by atoms with Crippen molar-refractivity contribution in [1.82, 2.24) is 0 Å². The molecule has 40 heavy (non-hydrogen) atoms. The Balaban J connectivity index is 1.41. The number of rotatable bonds is 4. The summed E-state index contributed by atoms with van der Waals surface area (Å²) in [4.78, 5) is 26.8. The van der Waals surface area contributed by atoms with Gasteiger partial charge in [-0.2, -0.15) is 13.2 Å². The third-order valence-electron chi connectivity index (χ3n) is 10.8. The minimum absolute atomic E-state index is 0.00632. The van der Waals surface area contributed by atoms with Gasteiger partial charge in [-0.25, -0.2) is 4.79 Å². The number of esters is 2. The van der Waals surface area contributed by atoms with Crippen molar-refractivity contribution in [1.29, 1.82) is 0 Å². The molecule has 0 unspecified atom stereocenters. The Bertz CT molecular complexity index is 1240. The lowest BCUT2D eigenvalue weighted by molar-refractivity contribution is -0.280. The average molecular weight is 565 g/mol. The van der Waals surface area contributed by atoms with E-state index in [0.29, 0.717) is 12.8 Å². The smallest absolute Gasteiger partial charge is 0.432 e. The fourth-order valence-corrected chi connectivity index (χ4v) is 8.93. The second kappa shape index (κ2) is 8.71. The second-order valence-electron chi connectivity index (χ2n) is 12.7. The summed E-state index contributed by atoms with van der Waals surface area (Å²) in [5, 5.41) is 0. The Labute approximate surface area is 231 Å². The van der Waals surface area contributed by atoms with Crippen molar-refractivity contribution >= 4 is 11.9 Å². The molecule has 2 aliphatic carbocycles. The Hall–Kier alpha value is -2.59. The minimum Gasteiger partial charge on any atom is -0.498 e. The van der Waals surface area contributed by atoms with Gasteiger partial charge in [0.15, 0.2) is 5.60 Å². The van der Waals surface area contributed by atoms with Crippen LogP contribution in [-0.2, 0) is 38.9 Å². The maximum atomic E-state index is 14.7. The van der Waals surface area contributed by atoms with E-state index in [1.807, 2.05) is 13.8 Å². The van der Waals surface area contributed by atoms with E-state index in [1.165, 1.54) is 30.5 Å². The topological polar surface area (TPSA) is 80.3 Å². The molecular weight excluding hydrogens is 529 g/mol. The number of carbonyl (C=O) groups is 2. The summed E-state index contributed by atoms with van der Waals surface area (Å²) in [6.45, 7) is 6.08. The zero-order chi connectivity index (χ0) is 28.8. The summed E-state index contributed by atoms with van der Waals surface area (Å²) in [5.41, 5.74) is -7.10. The molecule has 3 aliphatic heterocycles. The van der Waals surface area contributed by atoms with Gasteiger partial charge in [-0.3, -0.25) is 4.79 Å². The first-order chi connectivity index (χ1) is 18.8. The molecular formula is C30H35F3O7. The van der Waals surface area contributed by atoms with E-state index in [1.54, 1.807) is 12.1 Å². The molecule has 0 N–H and O–H groups in total. The molecule has 2 spiro atoms. The number of methoxy groups -OCH3 is 1. The highest BCUT2D eigenvalue weighted by atomic mass is 19.4. The molecule has 2 saturated heterocycles. The molecule has 2 saturated carbocycles. The zero-order valence-corrected chi connectivity index (χ0v) is 23.1. The van der Waals surface area contributed by atoms with E-state index >= 15 is 0 Å². The van der Waals surface area contributed by atoms with Gasteiger partial charge >= 0.3 is 18.1 Å². The fraction of sp³-hybridized carbons (Fsp3) is 0.667. The molecule has 0 radical (unpaired) electrons. The third kappa shape index (κ3) is 3.32. The summed E-state index contributed by atoms with van der Waals surface area (Å²) >= 11 is 0. The average Bonchev–Trinajstić information content (AvgIpc) is 3.56. The number of benzene rings is 1. The lowest BCUT2D eigenvalue weighted by atomic mass is 9.44. The molecule has 1 aromatic rings. The van der Waals surface area contributed by atoms with E-state index in [9.17, 15) is 22.8 Å². The van der Waals surface area contributed by atoms with Crippen LogP contribution < -0.4 is 0 Å². The number of fused-ring (bicyclic) bond motifs is 1. The van der Waals surface area contributed by atoms with Gasteiger partial charge in [0.05, 0.1) is 17.3 Å². The standard InChI is InChI=1S/C30H35F3O7/c1-18-15-20-22-25(2,23(34)38-20)11-8-12-26(22,3)28(18)16-21(27(40-28)13-14-37-17-27)39-24(35)29(36-4,30(31,32)33)19-9-6-5-7-10-19/h5-7,9-10,13-14,18,20-22H,8,11-12,15-17H2,1-4H3/t18-,20-,21-,22+,25+,26+,27+,28-,29-/m1/s1. The van der Waals surface area contributed by atoms with Crippen molar-refractivity contribution in [3.63, 3.8) is 0 Å². The quantitative estimate of drug-likeness (QED) is 0.464.